The predicted octanol–water partition coefficient (Wildman–Crippen LogP) is 1.59. The molecule has 0 aromatic carbocycles. The molecule has 0 aliphatic rings. The average molecular weight is 202 g/mol. The van der Waals surface area contributed by atoms with E-state index in [2.05, 4.69) is 13.2 Å². The van der Waals surface area contributed by atoms with E-state index in [1.807, 2.05) is 0 Å². The monoisotopic (exact) mass is 202 g/mol. The van der Waals surface area contributed by atoms with Crippen molar-refractivity contribution < 1.29 is 10.2 Å². The van der Waals surface area contributed by atoms with Crippen LogP contribution in [0.25, 0.3) is 0 Å². The van der Waals surface area contributed by atoms with Crippen LogP contribution in [-0.4, -0.2) is 33.9 Å². The van der Waals surface area contributed by atoms with Crippen molar-refractivity contribution in [2.45, 2.75) is 23.3 Å². The topological polar surface area (TPSA) is 40.5 Å². The molecule has 0 radical (unpaired) electrons. The fourth-order valence-corrected chi connectivity index (χ4v) is 2.20. The molecule has 0 aromatic rings. The summed E-state index contributed by atoms with van der Waals surface area (Å²) in [6.45, 7) is 7.50. The van der Waals surface area contributed by atoms with Gasteiger partial charge in [0.05, 0.1) is 13.2 Å². The lowest BCUT2D eigenvalue weighted by Gasteiger charge is -2.17. The first-order chi connectivity index (χ1) is 6.28. The van der Waals surface area contributed by atoms with Gasteiger partial charge in [-0.2, -0.15) is 0 Å². The predicted molar refractivity (Wildman–Crippen MR) is 59.0 cm³/mol. The van der Waals surface area contributed by atoms with Crippen molar-refractivity contribution in [3.8, 4) is 0 Å². The summed E-state index contributed by atoms with van der Waals surface area (Å²) in [5, 5.41) is 18.3. The summed E-state index contributed by atoms with van der Waals surface area (Å²) < 4.78 is 0. The number of hydrogen-bond acceptors (Lipinski definition) is 3. The summed E-state index contributed by atoms with van der Waals surface area (Å²) >= 11 is 1.60. The molecule has 2 nitrogen and oxygen atoms in total. The Balaban J connectivity index is 3.85. The van der Waals surface area contributed by atoms with Gasteiger partial charge in [-0.1, -0.05) is 12.2 Å². The second-order valence-electron chi connectivity index (χ2n) is 2.79. The molecule has 0 aliphatic carbocycles. The molecule has 0 saturated carbocycles. The first kappa shape index (κ1) is 12.8. The van der Waals surface area contributed by atoms with Crippen LogP contribution >= 0.6 is 11.8 Å². The van der Waals surface area contributed by atoms with Crippen molar-refractivity contribution >= 4 is 11.8 Å². The first-order valence-electron chi connectivity index (χ1n) is 4.37. The highest BCUT2D eigenvalue weighted by molar-refractivity contribution is 8.00. The molecule has 0 fully saturated rings. The third kappa shape index (κ3) is 5.91. The second-order valence-corrected chi connectivity index (χ2v) is 4.40. The van der Waals surface area contributed by atoms with E-state index in [4.69, 9.17) is 10.2 Å². The van der Waals surface area contributed by atoms with Crippen LogP contribution in [0.1, 0.15) is 12.8 Å². The van der Waals surface area contributed by atoms with E-state index in [-0.39, 0.29) is 23.7 Å². The Bertz CT molecular complexity index is 132. The van der Waals surface area contributed by atoms with Crippen LogP contribution in [0.5, 0.6) is 0 Å². The van der Waals surface area contributed by atoms with E-state index in [9.17, 15) is 0 Å². The highest BCUT2D eigenvalue weighted by atomic mass is 32.2. The van der Waals surface area contributed by atoms with Crippen LogP contribution in [0, 0.1) is 0 Å². The summed E-state index contributed by atoms with van der Waals surface area (Å²) in [6.07, 6.45) is 5.12. The van der Waals surface area contributed by atoms with Gasteiger partial charge in [0.25, 0.3) is 0 Å². The van der Waals surface area contributed by atoms with Gasteiger partial charge in [0.2, 0.25) is 0 Å². The van der Waals surface area contributed by atoms with Crippen LogP contribution in [0.4, 0.5) is 0 Å². The summed E-state index contributed by atoms with van der Waals surface area (Å²) in [6, 6.07) is 0. The van der Waals surface area contributed by atoms with Gasteiger partial charge in [-0.05, 0) is 12.8 Å². The van der Waals surface area contributed by atoms with Crippen LogP contribution in [0.15, 0.2) is 25.3 Å². The van der Waals surface area contributed by atoms with Gasteiger partial charge in [-0.3, -0.25) is 0 Å². The Morgan fingerprint density at radius 1 is 1.00 bits per heavy atom. The number of hydrogen-bond donors (Lipinski definition) is 2. The summed E-state index contributed by atoms with van der Waals surface area (Å²) in [5.41, 5.74) is 0. The molecule has 2 N–H and O–H groups in total. The summed E-state index contributed by atoms with van der Waals surface area (Å²) in [5.74, 6) is 0. The molecule has 2 unspecified atom stereocenters. The van der Waals surface area contributed by atoms with E-state index in [0.29, 0.717) is 0 Å². The van der Waals surface area contributed by atoms with Gasteiger partial charge in [0.15, 0.2) is 0 Å². The fraction of sp³-hybridized carbons (Fsp3) is 0.600. The van der Waals surface area contributed by atoms with Crippen LogP contribution in [0.2, 0.25) is 0 Å². The highest BCUT2D eigenvalue weighted by Gasteiger charge is 2.13. The lowest BCUT2D eigenvalue weighted by atomic mass is 10.3. The minimum Gasteiger partial charge on any atom is -0.395 e. The molecule has 0 bridgehead atoms. The molecule has 0 saturated heterocycles. The molecule has 76 valence electrons. The number of thioether (sulfide) groups is 1. The maximum Gasteiger partial charge on any atom is 0.0553 e. The highest BCUT2D eigenvalue weighted by Crippen LogP contribution is 2.22. The summed E-state index contributed by atoms with van der Waals surface area (Å²) in [7, 11) is 0. The Labute approximate surface area is 84.4 Å². The molecule has 2 atom stereocenters. The van der Waals surface area contributed by atoms with Crippen molar-refractivity contribution in [3.05, 3.63) is 25.3 Å². The molecular weight excluding hydrogens is 184 g/mol. The van der Waals surface area contributed by atoms with Crippen LogP contribution < -0.4 is 0 Å². The molecule has 0 amide bonds. The van der Waals surface area contributed by atoms with Crippen LogP contribution in [0.3, 0.4) is 0 Å². The minimum atomic E-state index is 0.129. The molecule has 3 heteroatoms. The molecule has 13 heavy (non-hydrogen) atoms. The molecule has 0 heterocycles. The zero-order valence-corrected chi connectivity index (χ0v) is 8.67. The maximum atomic E-state index is 8.99. The van der Waals surface area contributed by atoms with E-state index in [1.54, 1.807) is 23.9 Å². The van der Waals surface area contributed by atoms with Gasteiger partial charge in [0, 0.05) is 10.5 Å². The lowest BCUT2D eigenvalue weighted by Crippen LogP contribution is -2.16. The Hall–Kier alpha value is -0.250. The number of allylic oxidation sites excluding steroid dienone is 2. The van der Waals surface area contributed by atoms with E-state index < -0.39 is 0 Å². The van der Waals surface area contributed by atoms with E-state index in [1.165, 1.54) is 0 Å². The molecule has 0 spiro atoms. The summed E-state index contributed by atoms with van der Waals surface area (Å²) in [4.78, 5) is 0. The number of aliphatic hydroxyl groups is 2. The van der Waals surface area contributed by atoms with Crippen molar-refractivity contribution in [2.75, 3.05) is 13.2 Å². The number of rotatable bonds is 8. The van der Waals surface area contributed by atoms with E-state index >= 15 is 0 Å². The maximum absolute atomic E-state index is 8.99. The molecular formula is C10H18O2S. The first-order valence-corrected chi connectivity index (χ1v) is 5.31. The van der Waals surface area contributed by atoms with Crippen molar-refractivity contribution in [3.63, 3.8) is 0 Å². The molecule has 0 aromatic heterocycles. The lowest BCUT2D eigenvalue weighted by molar-refractivity contribution is 0.286. The van der Waals surface area contributed by atoms with Gasteiger partial charge < -0.3 is 10.2 Å². The zero-order chi connectivity index (χ0) is 10.1. The smallest absolute Gasteiger partial charge is 0.0553 e. The average Bonchev–Trinajstić information content (AvgIpc) is 2.16. The molecule has 0 rings (SSSR count). The Morgan fingerprint density at radius 3 is 1.62 bits per heavy atom. The minimum absolute atomic E-state index is 0.129. The van der Waals surface area contributed by atoms with Gasteiger partial charge in [0.1, 0.15) is 0 Å². The fourth-order valence-electron chi connectivity index (χ4n) is 0.990. The normalized spacial score (nSPS) is 14.9. The molecule has 0 aliphatic heterocycles. The van der Waals surface area contributed by atoms with Gasteiger partial charge in [-0.15, -0.1) is 24.9 Å². The Morgan fingerprint density at radius 2 is 1.38 bits per heavy atom. The SMILES string of the molecule is C=CCC(CO)SC(CO)CC=C. The Kier molecular flexibility index (Phi) is 8.19. The standard InChI is InChI=1S/C10H18O2S/c1-3-5-9(7-11)13-10(8-12)6-4-2/h3-4,9-12H,1-2,5-8H2. The van der Waals surface area contributed by atoms with Crippen LogP contribution in [-0.2, 0) is 0 Å². The van der Waals surface area contributed by atoms with E-state index in [0.717, 1.165) is 12.8 Å². The zero-order valence-electron chi connectivity index (χ0n) is 7.85. The second kappa shape index (κ2) is 8.35. The van der Waals surface area contributed by atoms with Gasteiger partial charge >= 0.3 is 0 Å². The number of aliphatic hydroxyl groups excluding tert-OH is 2. The largest absolute Gasteiger partial charge is 0.395 e. The third-order valence-electron chi connectivity index (χ3n) is 1.65. The third-order valence-corrected chi connectivity index (χ3v) is 3.10. The van der Waals surface area contributed by atoms with Gasteiger partial charge in [-0.25, -0.2) is 0 Å². The van der Waals surface area contributed by atoms with Crippen molar-refractivity contribution in [2.24, 2.45) is 0 Å². The quantitative estimate of drug-likeness (QED) is 0.587. The van der Waals surface area contributed by atoms with Crippen molar-refractivity contribution in [1.82, 2.24) is 0 Å². The van der Waals surface area contributed by atoms with Crippen molar-refractivity contribution in [1.29, 1.82) is 0 Å².